The quantitative estimate of drug-likeness (QED) is 0.325. The van der Waals surface area contributed by atoms with Crippen molar-refractivity contribution in [3.05, 3.63) is 98.6 Å². The summed E-state index contributed by atoms with van der Waals surface area (Å²) in [6.07, 6.45) is 3.72. The van der Waals surface area contributed by atoms with Crippen molar-refractivity contribution in [1.29, 1.82) is 0 Å². The molecule has 1 heterocycles. The molecule has 0 saturated heterocycles. The molecular weight excluding hydrogens is 436 g/mol. The maximum Gasteiger partial charge on any atom is 0.269 e. The summed E-state index contributed by atoms with van der Waals surface area (Å²) in [4.78, 5) is 11.1. The third-order valence-electron chi connectivity index (χ3n) is 7.87. The summed E-state index contributed by atoms with van der Waals surface area (Å²) in [5.41, 5.74) is 4.57. The third kappa shape index (κ3) is 3.55. The molecule has 0 amide bonds. The maximum atomic E-state index is 11.4. The fourth-order valence-electron chi connectivity index (χ4n) is 6.46. The number of hydrogen-bond acceptors (Lipinski definition) is 4. The lowest BCUT2D eigenvalue weighted by Gasteiger charge is -2.43. The van der Waals surface area contributed by atoms with Gasteiger partial charge in [-0.3, -0.25) is 10.1 Å². The van der Waals surface area contributed by atoms with E-state index in [4.69, 9.17) is 16.3 Å². The van der Waals surface area contributed by atoms with Gasteiger partial charge in [0.2, 0.25) is 0 Å². The lowest BCUT2D eigenvalue weighted by atomic mass is 9.68. The largest absolute Gasteiger partial charge is 0.489 e. The highest BCUT2D eigenvalue weighted by molar-refractivity contribution is 6.31. The van der Waals surface area contributed by atoms with E-state index in [1.807, 2.05) is 48.5 Å². The van der Waals surface area contributed by atoms with Gasteiger partial charge in [0.15, 0.2) is 0 Å². The van der Waals surface area contributed by atoms with E-state index in [1.165, 1.54) is 24.8 Å². The Kier molecular flexibility index (Phi) is 5.02. The summed E-state index contributed by atoms with van der Waals surface area (Å²) < 4.78 is 5.97. The first-order valence-corrected chi connectivity index (χ1v) is 12.0. The van der Waals surface area contributed by atoms with E-state index >= 15 is 0 Å². The van der Waals surface area contributed by atoms with Crippen molar-refractivity contribution in [3.63, 3.8) is 0 Å². The van der Waals surface area contributed by atoms with Crippen LogP contribution in [0.1, 0.15) is 47.9 Å². The fourth-order valence-corrected chi connectivity index (χ4v) is 6.66. The Morgan fingerprint density at radius 2 is 1.82 bits per heavy atom. The molecule has 3 aliphatic rings. The van der Waals surface area contributed by atoms with Crippen LogP contribution in [0.3, 0.4) is 0 Å². The highest BCUT2D eigenvalue weighted by Gasteiger charge is 2.54. The molecule has 1 aliphatic heterocycles. The third-order valence-corrected chi connectivity index (χ3v) is 8.24. The first-order valence-electron chi connectivity index (χ1n) is 11.6. The lowest BCUT2D eigenvalue weighted by Crippen LogP contribution is -2.35. The minimum absolute atomic E-state index is 0.190. The highest BCUT2D eigenvalue weighted by atomic mass is 35.5. The van der Waals surface area contributed by atoms with Gasteiger partial charge in [0, 0.05) is 28.4 Å². The molecule has 33 heavy (non-hydrogen) atoms. The molecule has 168 valence electrons. The van der Waals surface area contributed by atoms with E-state index in [0.29, 0.717) is 35.3 Å². The molecule has 6 rings (SSSR count). The van der Waals surface area contributed by atoms with Gasteiger partial charge in [-0.15, -0.1) is 0 Å². The molecule has 2 bridgehead atoms. The van der Waals surface area contributed by atoms with Crippen molar-refractivity contribution >= 4 is 23.0 Å². The van der Waals surface area contributed by atoms with E-state index in [-0.39, 0.29) is 16.7 Å². The molecule has 0 spiro atoms. The van der Waals surface area contributed by atoms with E-state index in [1.54, 1.807) is 6.07 Å². The first-order chi connectivity index (χ1) is 16.1. The molecule has 0 radical (unpaired) electrons. The minimum atomic E-state index is -0.282. The summed E-state index contributed by atoms with van der Waals surface area (Å²) in [6.45, 7) is 0.432. The Morgan fingerprint density at radius 3 is 2.61 bits per heavy atom. The van der Waals surface area contributed by atoms with Crippen LogP contribution in [0.5, 0.6) is 5.75 Å². The molecule has 3 aromatic rings. The summed E-state index contributed by atoms with van der Waals surface area (Å²) in [5.74, 6) is 2.97. The Hall–Kier alpha value is -3.05. The van der Waals surface area contributed by atoms with Crippen molar-refractivity contribution in [1.82, 2.24) is 0 Å². The lowest BCUT2D eigenvalue weighted by molar-refractivity contribution is -0.384. The number of halogens is 1. The van der Waals surface area contributed by atoms with Gasteiger partial charge in [0.1, 0.15) is 12.4 Å². The summed E-state index contributed by atoms with van der Waals surface area (Å²) in [5, 5.41) is 15.8. The van der Waals surface area contributed by atoms with Crippen molar-refractivity contribution in [3.8, 4) is 5.75 Å². The van der Waals surface area contributed by atoms with Crippen molar-refractivity contribution in [2.45, 2.75) is 37.8 Å². The van der Waals surface area contributed by atoms with Gasteiger partial charge in [-0.1, -0.05) is 41.9 Å². The van der Waals surface area contributed by atoms with Crippen LogP contribution in [-0.4, -0.2) is 4.92 Å². The van der Waals surface area contributed by atoms with Crippen LogP contribution in [0.2, 0.25) is 5.02 Å². The second kappa shape index (κ2) is 8.07. The number of hydrogen-bond donors (Lipinski definition) is 1. The number of nitro benzene ring substituents is 1. The second-order valence-corrected chi connectivity index (χ2v) is 9.94. The van der Waals surface area contributed by atoms with Crippen molar-refractivity contribution < 1.29 is 9.66 Å². The number of ether oxygens (including phenoxy) is 1. The number of benzene rings is 3. The zero-order valence-electron chi connectivity index (χ0n) is 18.1. The van der Waals surface area contributed by atoms with Gasteiger partial charge in [-0.05, 0) is 78.3 Å². The Balaban J connectivity index is 1.27. The Bertz CT molecular complexity index is 1210. The number of nitro groups is 1. The van der Waals surface area contributed by atoms with Gasteiger partial charge >= 0.3 is 0 Å². The number of anilines is 1. The summed E-state index contributed by atoms with van der Waals surface area (Å²) in [7, 11) is 0. The van der Waals surface area contributed by atoms with Crippen LogP contribution in [0.25, 0.3) is 0 Å². The molecule has 0 unspecified atom stereocenters. The monoisotopic (exact) mass is 460 g/mol. The summed E-state index contributed by atoms with van der Waals surface area (Å²) >= 11 is 6.24. The molecule has 3 aromatic carbocycles. The molecule has 0 aromatic heterocycles. The molecule has 2 saturated carbocycles. The molecule has 2 aliphatic carbocycles. The van der Waals surface area contributed by atoms with Gasteiger partial charge in [0.05, 0.1) is 11.0 Å². The van der Waals surface area contributed by atoms with Crippen LogP contribution in [0.15, 0.2) is 66.7 Å². The average Bonchev–Trinajstić information content (AvgIpc) is 3.46. The predicted octanol–water partition coefficient (Wildman–Crippen LogP) is 7.12. The van der Waals surface area contributed by atoms with Crippen LogP contribution in [-0.2, 0) is 6.61 Å². The first kappa shape index (κ1) is 20.5. The predicted molar refractivity (Wildman–Crippen MR) is 129 cm³/mol. The smallest absolute Gasteiger partial charge is 0.269 e. The normalized spacial score (nSPS) is 26.9. The average molecular weight is 461 g/mol. The van der Waals surface area contributed by atoms with E-state index < -0.39 is 0 Å². The molecule has 1 N–H and O–H groups in total. The van der Waals surface area contributed by atoms with Crippen LogP contribution in [0, 0.1) is 27.9 Å². The van der Waals surface area contributed by atoms with Crippen LogP contribution >= 0.6 is 11.6 Å². The number of rotatable bonds is 5. The van der Waals surface area contributed by atoms with E-state index in [9.17, 15) is 10.1 Å². The number of nitrogens with one attached hydrogen (secondary N) is 1. The Labute approximate surface area is 197 Å². The topological polar surface area (TPSA) is 64.4 Å². The summed E-state index contributed by atoms with van der Waals surface area (Å²) in [6, 6.07) is 21.6. The van der Waals surface area contributed by atoms with E-state index in [2.05, 4.69) is 17.4 Å². The fraction of sp³-hybridized carbons (Fsp3) is 0.333. The molecule has 5 nitrogen and oxygen atoms in total. The minimum Gasteiger partial charge on any atom is -0.489 e. The van der Waals surface area contributed by atoms with Gasteiger partial charge < -0.3 is 10.1 Å². The maximum absolute atomic E-state index is 11.4. The van der Waals surface area contributed by atoms with Crippen molar-refractivity contribution in [2.75, 3.05) is 5.32 Å². The Morgan fingerprint density at radius 1 is 1.03 bits per heavy atom. The van der Waals surface area contributed by atoms with Gasteiger partial charge in [-0.2, -0.15) is 0 Å². The molecule has 6 heteroatoms. The zero-order valence-corrected chi connectivity index (χ0v) is 18.9. The zero-order chi connectivity index (χ0) is 22.5. The van der Waals surface area contributed by atoms with Gasteiger partial charge in [-0.25, -0.2) is 0 Å². The van der Waals surface area contributed by atoms with Crippen LogP contribution < -0.4 is 10.1 Å². The molecule has 2 fully saturated rings. The SMILES string of the molecule is O=[N+]([O-])c1ccc2c(c1)[C@H]1[C@H]3CC[C@H](C3)[C@H]1[C@@H](c1ccc(OCc3ccccc3Cl)cc1)N2. The van der Waals surface area contributed by atoms with Crippen LogP contribution in [0.4, 0.5) is 11.4 Å². The molecule has 5 atom stereocenters. The molecular formula is C27H25ClN2O3. The second-order valence-electron chi connectivity index (χ2n) is 9.54. The number of non-ortho nitro benzene ring substituents is 1. The number of fused-ring (bicyclic) bond motifs is 7. The van der Waals surface area contributed by atoms with Gasteiger partial charge in [0.25, 0.3) is 5.69 Å². The standard InChI is InChI=1S/C27H25ClN2O3/c28-23-4-2-1-3-19(23)15-33-21-10-7-16(8-11-21)27-26-18-6-5-17(13-18)25(26)22-14-20(30(31)32)9-12-24(22)29-27/h1-4,7-12,14,17-18,25-27,29H,5-6,13,15H2/t17-,18+,25+,26+,27+/m0/s1. The van der Waals surface area contributed by atoms with E-state index in [0.717, 1.165) is 22.6 Å². The highest BCUT2D eigenvalue weighted by Crippen LogP contribution is 2.63. The number of nitrogens with zero attached hydrogens (tertiary/aromatic N) is 1. The van der Waals surface area contributed by atoms with Crippen molar-refractivity contribution in [2.24, 2.45) is 17.8 Å².